The molecule has 1 saturated heterocycles. The number of likely N-dealkylation sites (tertiary alicyclic amines) is 1. The van der Waals surface area contributed by atoms with Crippen molar-refractivity contribution in [1.29, 1.82) is 0 Å². The van der Waals surface area contributed by atoms with Gasteiger partial charge in [-0.05, 0) is 33.4 Å². The molecule has 0 aromatic heterocycles. The van der Waals surface area contributed by atoms with Crippen LogP contribution in [-0.4, -0.2) is 56.1 Å². The summed E-state index contributed by atoms with van der Waals surface area (Å²) in [6.45, 7) is 4.44. The maximum absolute atomic E-state index is 11.6. The predicted octanol–water partition coefficient (Wildman–Crippen LogP) is -0.0623. The van der Waals surface area contributed by atoms with E-state index >= 15 is 0 Å². The van der Waals surface area contributed by atoms with Gasteiger partial charge in [-0.3, -0.25) is 15.0 Å². The third-order valence-corrected chi connectivity index (χ3v) is 2.88. The number of hydrogen-bond donors (Lipinski definition) is 3. The average molecular weight is 279 g/mol. The lowest BCUT2D eigenvalue weighted by molar-refractivity contribution is -0.121. The fourth-order valence-corrected chi connectivity index (χ4v) is 2.13. The average Bonchev–Trinajstić information content (AvgIpc) is 2.66. The molecule has 7 heteroatoms. The first-order chi connectivity index (χ1) is 8.17. The van der Waals surface area contributed by atoms with Crippen molar-refractivity contribution in [3.8, 4) is 0 Å². The lowest BCUT2D eigenvalue weighted by Gasteiger charge is -2.23. The number of carbonyl (C=O) groups excluding carboxylic acids is 2. The van der Waals surface area contributed by atoms with E-state index in [9.17, 15) is 9.59 Å². The SMILES string of the molecule is CCNC(=O)NC(=O)CN1CCCC1CNC.Cl. The summed E-state index contributed by atoms with van der Waals surface area (Å²) in [5.74, 6) is -0.237. The van der Waals surface area contributed by atoms with Gasteiger partial charge < -0.3 is 10.6 Å². The van der Waals surface area contributed by atoms with E-state index in [0.29, 0.717) is 19.1 Å². The number of amides is 3. The molecule has 0 aromatic rings. The van der Waals surface area contributed by atoms with Gasteiger partial charge in [0.2, 0.25) is 5.91 Å². The minimum Gasteiger partial charge on any atom is -0.338 e. The summed E-state index contributed by atoms with van der Waals surface area (Å²) in [7, 11) is 1.91. The number of rotatable bonds is 5. The second-order valence-corrected chi connectivity index (χ2v) is 4.23. The summed E-state index contributed by atoms with van der Waals surface area (Å²) in [6.07, 6.45) is 2.22. The predicted molar refractivity (Wildman–Crippen MR) is 73.0 cm³/mol. The van der Waals surface area contributed by atoms with Crippen LogP contribution >= 0.6 is 12.4 Å². The molecule has 18 heavy (non-hydrogen) atoms. The minimum absolute atomic E-state index is 0. The number of carbonyl (C=O) groups is 2. The van der Waals surface area contributed by atoms with Gasteiger partial charge in [-0.15, -0.1) is 12.4 Å². The van der Waals surface area contributed by atoms with Gasteiger partial charge in [0.15, 0.2) is 0 Å². The topological polar surface area (TPSA) is 73.5 Å². The summed E-state index contributed by atoms with van der Waals surface area (Å²) < 4.78 is 0. The van der Waals surface area contributed by atoms with E-state index in [0.717, 1.165) is 25.9 Å². The fraction of sp³-hybridized carbons (Fsp3) is 0.818. The van der Waals surface area contributed by atoms with E-state index in [1.165, 1.54) is 0 Å². The Kier molecular flexibility index (Phi) is 8.70. The third-order valence-electron chi connectivity index (χ3n) is 2.88. The Balaban J connectivity index is 0.00000289. The molecule has 3 N–H and O–H groups in total. The van der Waals surface area contributed by atoms with Gasteiger partial charge in [0.05, 0.1) is 6.54 Å². The molecule has 1 fully saturated rings. The normalized spacial score (nSPS) is 19.1. The van der Waals surface area contributed by atoms with Crippen molar-refractivity contribution >= 4 is 24.3 Å². The monoisotopic (exact) mass is 278 g/mol. The molecular weight excluding hydrogens is 256 g/mol. The van der Waals surface area contributed by atoms with Gasteiger partial charge in [-0.2, -0.15) is 0 Å². The Morgan fingerprint density at radius 3 is 2.72 bits per heavy atom. The highest BCUT2D eigenvalue weighted by Gasteiger charge is 2.25. The van der Waals surface area contributed by atoms with Crippen LogP contribution in [0.1, 0.15) is 19.8 Å². The minimum atomic E-state index is -0.415. The summed E-state index contributed by atoms with van der Waals surface area (Å²) in [6, 6.07) is -0.0122. The molecule has 1 atom stereocenters. The molecule has 0 radical (unpaired) electrons. The van der Waals surface area contributed by atoms with Gasteiger partial charge in [0.25, 0.3) is 0 Å². The van der Waals surface area contributed by atoms with Crippen molar-refractivity contribution < 1.29 is 9.59 Å². The van der Waals surface area contributed by atoms with Crippen LogP contribution in [0, 0.1) is 0 Å². The van der Waals surface area contributed by atoms with E-state index < -0.39 is 6.03 Å². The Morgan fingerprint density at radius 2 is 2.11 bits per heavy atom. The first kappa shape index (κ1) is 17.2. The van der Waals surface area contributed by atoms with Crippen molar-refractivity contribution in [2.75, 3.05) is 33.2 Å². The zero-order valence-electron chi connectivity index (χ0n) is 11.0. The maximum Gasteiger partial charge on any atom is 0.321 e. The fourth-order valence-electron chi connectivity index (χ4n) is 2.13. The second kappa shape index (κ2) is 9.13. The molecule has 1 heterocycles. The highest BCUT2D eigenvalue weighted by molar-refractivity contribution is 5.95. The van der Waals surface area contributed by atoms with Crippen LogP contribution in [-0.2, 0) is 4.79 Å². The second-order valence-electron chi connectivity index (χ2n) is 4.23. The molecule has 0 aromatic carbocycles. The van der Waals surface area contributed by atoms with Crippen LogP contribution in [0.25, 0.3) is 0 Å². The third kappa shape index (κ3) is 5.66. The molecule has 0 bridgehead atoms. The highest BCUT2D eigenvalue weighted by atomic mass is 35.5. The van der Waals surface area contributed by atoms with E-state index in [2.05, 4.69) is 20.9 Å². The van der Waals surface area contributed by atoms with Gasteiger partial charge in [0.1, 0.15) is 0 Å². The zero-order valence-corrected chi connectivity index (χ0v) is 11.8. The summed E-state index contributed by atoms with van der Waals surface area (Å²) in [5.41, 5.74) is 0. The molecular formula is C11H23ClN4O2. The summed E-state index contributed by atoms with van der Waals surface area (Å²) >= 11 is 0. The Labute approximate surface area is 114 Å². The summed E-state index contributed by atoms with van der Waals surface area (Å²) in [5, 5.41) is 7.98. The van der Waals surface area contributed by atoms with Gasteiger partial charge >= 0.3 is 6.03 Å². The lowest BCUT2D eigenvalue weighted by Crippen LogP contribution is -2.47. The maximum atomic E-state index is 11.6. The largest absolute Gasteiger partial charge is 0.338 e. The van der Waals surface area contributed by atoms with Crippen molar-refractivity contribution in [3.05, 3.63) is 0 Å². The van der Waals surface area contributed by atoms with Crippen LogP contribution in [0.5, 0.6) is 0 Å². The quantitative estimate of drug-likeness (QED) is 0.659. The van der Waals surface area contributed by atoms with Crippen molar-refractivity contribution in [2.24, 2.45) is 0 Å². The standard InChI is InChI=1S/C11H22N4O2.ClH/c1-3-13-11(17)14-10(16)8-15-6-4-5-9(15)7-12-2;/h9,12H,3-8H2,1-2H3,(H2,13,14,16,17);1H. The van der Waals surface area contributed by atoms with Gasteiger partial charge in [0, 0.05) is 19.1 Å². The molecule has 0 aliphatic carbocycles. The smallest absolute Gasteiger partial charge is 0.321 e. The van der Waals surface area contributed by atoms with E-state index in [4.69, 9.17) is 0 Å². The van der Waals surface area contributed by atoms with E-state index in [-0.39, 0.29) is 18.3 Å². The number of halogens is 1. The van der Waals surface area contributed by atoms with Crippen LogP contribution in [0.2, 0.25) is 0 Å². The van der Waals surface area contributed by atoms with Crippen LogP contribution in [0.3, 0.4) is 0 Å². The van der Waals surface area contributed by atoms with Crippen LogP contribution in [0.4, 0.5) is 4.79 Å². The lowest BCUT2D eigenvalue weighted by atomic mass is 10.2. The number of nitrogens with one attached hydrogen (secondary N) is 3. The number of likely N-dealkylation sites (N-methyl/N-ethyl adjacent to an activating group) is 1. The molecule has 106 valence electrons. The number of hydrogen-bond acceptors (Lipinski definition) is 4. The molecule has 0 spiro atoms. The Bertz CT molecular complexity index is 276. The number of imide groups is 1. The van der Waals surface area contributed by atoms with E-state index in [1.807, 2.05) is 14.0 Å². The molecule has 3 amide bonds. The molecule has 1 rings (SSSR count). The van der Waals surface area contributed by atoms with Crippen molar-refractivity contribution in [2.45, 2.75) is 25.8 Å². The zero-order chi connectivity index (χ0) is 12.7. The molecule has 1 aliphatic heterocycles. The van der Waals surface area contributed by atoms with Gasteiger partial charge in [-0.1, -0.05) is 0 Å². The summed E-state index contributed by atoms with van der Waals surface area (Å²) in [4.78, 5) is 24.9. The molecule has 1 unspecified atom stereocenters. The number of urea groups is 1. The van der Waals surface area contributed by atoms with Crippen molar-refractivity contribution in [1.82, 2.24) is 20.9 Å². The molecule has 1 aliphatic rings. The van der Waals surface area contributed by atoms with Crippen LogP contribution < -0.4 is 16.0 Å². The van der Waals surface area contributed by atoms with Gasteiger partial charge in [-0.25, -0.2) is 4.79 Å². The number of nitrogens with zero attached hydrogens (tertiary/aromatic N) is 1. The Hall–Kier alpha value is -0.850. The Morgan fingerprint density at radius 1 is 1.39 bits per heavy atom. The molecule has 6 nitrogen and oxygen atoms in total. The first-order valence-electron chi connectivity index (χ1n) is 6.13. The highest BCUT2D eigenvalue weighted by Crippen LogP contribution is 2.15. The van der Waals surface area contributed by atoms with Crippen molar-refractivity contribution in [3.63, 3.8) is 0 Å². The first-order valence-corrected chi connectivity index (χ1v) is 6.13. The van der Waals surface area contributed by atoms with Crippen LogP contribution in [0.15, 0.2) is 0 Å². The molecule has 0 saturated carbocycles. The van der Waals surface area contributed by atoms with E-state index in [1.54, 1.807) is 0 Å².